The Kier molecular flexibility index (Phi) is 8.47. The van der Waals surface area contributed by atoms with E-state index in [1.807, 2.05) is 38.1 Å². The van der Waals surface area contributed by atoms with E-state index in [2.05, 4.69) is 10.6 Å². The molecule has 1 unspecified atom stereocenters. The molecule has 0 saturated carbocycles. The molecule has 0 bridgehead atoms. The highest BCUT2D eigenvalue weighted by atomic mass is 19.1. The molecule has 0 aliphatic heterocycles. The summed E-state index contributed by atoms with van der Waals surface area (Å²) in [4.78, 5) is 25.1. The van der Waals surface area contributed by atoms with E-state index in [1.165, 1.54) is 6.07 Å². The van der Waals surface area contributed by atoms with Gasteiger partial charge < -0.3 is 15.4 Å². The zero-order chi connectivity index (χ0) is 22.3. The zero-order valence-electron chi connectivity index (χ0n) is 17.7. The molecule has 0 radical (unpaired) electrons. The average molecular weight is 418 g/mol. The second-order valence-electron chi connectivity index (χ2n) is 7.64. The van der Waals surface area contributed by atoms with Gasteiger partial charge in [-0.05, 0) is 43.0 Å². The van der Waals surface area contributed by atoms with Crippen LogP contribution in [-0.2, 0) is 22.7 Å². The van der Waals surface area contributed by atoms with Gasteiger partial charge in [0.15, 0.2) is 0 Å². The van der Waals surface area contributed by atoms with Crippen LogP contribution in [0, 0.1) is 17.6 Å². The summed E-state index contributed by atoms with van der Waals surface area (Å²) >= 11 is 0. The van der Waals surface area contributed by atoms with Gasteiger partial charge in [-0.2, -0.15) is 0 Å². The predicted molar refractivity (Wildman–Crippen MR) is 111 cm³/mol. The molecule has 0 fully saturated rings. The molecular formula is C23H28F2N2O3. The molecule has 0 saturated heterocycles. The van der Waals surface area contributed by atoms with Crippen LogP contribution in [0.1, 0.15) is 49.2 Å². The van der Waals surface area contributed by atoms with Crippen molar-refractivity contribution in [2.75, 3.05) is 0 Å². The summed E-state index contributed by atoms with van der Waals surface area (Å²) in [5, 5.41) is 5.25. The van der Waals surface area contributed by atoms with Crippen molar-refractivity contribution in [3.63, 3.8) is 0 Å². The molecular weight excluding hydrogens is 390 g/mol. The van der Waals surface area contributed by atoms with Crippen LogP contribution in [0.4, 0.5) is 8.78 Å². The summed E-state index contributed by atoms with van der Waals surface area (Å²) in [6.07, 6.45) is 0.0759. The Bertz CT molecular complexity index is 864. The van der Waals surface area contributed by atoms with E-state index < -0.39 is 35.1 Å². The smallest absolute Gasteiger partial charge is 0.257 e. The highest BCUT2D eigenvalue weighted by molar-refractivity contribution is 5.98. The van der Waals surface area contributed by atoms with Crippen molar-refractivity contribution < 1.29 is 23.1 Å². The maximum absolute atomic E-state index is 13.9. The van der Waals surface area contributed by atoms with Crippen molar-refractivity contribution in [3.05, 3.63) is 70.8 Å². The number of hydrogen-bond acceptors (Lipinski definition) is 3. The normalized spacial score (nSPS) is 12.1. The van der Waals surface area contributed by atoms with Crippen molar-refractivity contribution in [1.82, 2.24) is 10.6 Å². The van der Waals surface area contributed by atoms with Gasteiger partial charge in [0.1, 0.15) is 23.2 Å². The SMILES string of the molecule is CC(C)OCc1ccccc1CNC(=O)C(NC(=O)c1c(F)cccc1F)C(C)C. The van der Waals surface area contributed by atoms with Crippen LogP contribution in [0.15, 0.2) is 42.5 Å². The standard InChI is InChI=1S/C23H28F2N2O3/c1-14(2)21(27-22(28)20-18(24)10-7-11-19(20)25)23(29)26-12-16-8-5-6-9-17(16)13-30-15(3)4/h5-11,14-15,21H,12-13H2,1-4H3,(H,26,29)(H,27,28). The van der Waals surface area contributed by atoms with Crippen LogP contribution < -0.4 is 10.6 Å². The van der Waals surface area contributed by atoms with Gasteiger partial charge in [-0.25, -0.2) is 8.78 Å². The molecule has 0 aliphatic carbocycles. The summed E-state index contributed by atoms with van der Waals surface area (Å²) in [5.41, 5.74) is 1.14. The lowest BCUT2D eigenvalue weighted by molar-refractivity contribution is -0.124. The first kappa shape index (κ1) is 23.5. The van der Waals surface area contributed by atoms with Crippen LogP contribution in [0.5, 0.6) is 0 Å². The lowest BCUT2D eigenvalue weighted by Crippen LogP contribution is -2.49. The van der Waals surface area contributed by atoms with Crippen molar-refractivity contribution >= 4 is 11.8 Å². The summed E-state index contributed by atoms with van der Waals surface area (Å²) in [5.74, 6) is -3.65. The third-order valence-electron chi connectivity index (χ3n) is 4.57. The highest BCUT2D eigenvalue weighted by Crippen LogP contribution is 2.14. The molecule has 2 aromatic carbocycles. The molecule has 2 rings (SSSR count). The zero-order valence-corrected chi connectivity index (χ0v) is 17.7. The van der Waals surface area contributed by atoms with E-state index >= 15 is 0 Å². The van der Waals surface area contributed by atoms with Crippen molar-refractivity contribution in [3.8, 4) is 0 Å². The van der Waals surface area contributed by atoms with E-state index in [9.17, 15) is 18.4 Å². The van der Waals surface area contributed by atoms with Gasteiger partial charge in [0.05, 0.1) is 12.7 Å². The van der Waals surface area contributed by atoms with Crippen LogP contribution in [-0.4, -0.2) is 24.0 Å². The Balaban J connectivity index is 2.07. The van der Waals surface area contributed by atoms with Crippen LogP contribution >= 0.6 is 0 Å². The number of carbonyl (C=O) groups is 2. The maximum Gasteiger partial charge on any atom is 0.257 e. The third kappa shape index (κ3) is 6.35. The molecule has 5 nitrogen and oxygen atoms in total. The molecule has 162 valence electrons. The van der Waals surface area contributed by atoms with Gasteiger partial charge in [-0.3, -0.25) is 9.59 Å². The molecule has 30 heavy (non-hydrogen) atoms. The van der Waals surface area contributed by atoms with Crippen LogP contribution in [0.25, 0.3) is 0 Å². The van der Waals surface area contributed by atoms with Crippen LogP contribution in [0.3, 0.4) is 0 Å². The minimum Gasteiger partial charge on any atom is -0.374 e. The summed E-state index contributed by atoms with van der Waals surface area (Å²) in [7, 11) is 0. The average Bonchev–Trinajstić information content (AvgIpc) is 2.68. The first-order valence-electron chi connectivity index (χ1n) is 9.91. The molecule has 0 heterocycles. The molecule has 2 N–H and O–H groups in total. The summed E-state index contributed by atoms with van der Waals surface area (Å²) in [6, 6.07) is 9.79. The topological polar surface area (TPSA) is 67.4 Å². The number of nitrogens with one attached hydrogen (secondary N) is 2. The minimum absolute atomic E-state index is 0.0759. The number of ether oxygens (including phenoxy) is 1. The quantitative estimate of drug-likeness (QED) is 0.648. The molecule has 0 aromatic heterocycles. The first-order valence-corrected chi connectivity index (χ1v) is 9.91. The second kappa shape index (κ2) is 10.8. The monoisotopic (exact) mass is 418 g/mol. The Hall–Kier alpha value is -2.80. The fraction of sp³-hybridized carbons (Fsp3) is 0.391. The molecule has 1 atom stereocenters. The number of carbonyl (C=O) groups excluding carboxylic acids is 2. The van der Waals surface area contributed by atoms with E-state index in [4.69, 9.17) is 4.74 Å². The summed E-state index contributed by atoms with van der Waals surface area (Å²) in [6.45, 7) is 8.03. The van der Waals surface area contributed by atoms with Crippen molar-refractivity contribution in [1.29, 1.82) is 0 Å². The Labute approximate surface area is 175 Å². The van der Waals surface area contributed by atoms with Gasteiger partial charge >= 0.3 is 0 Å². The maximum atomic E-state index is 13.9. The number of rotatable bonds is 9. The van der Waals surface area contributed by atoms with Crippen molar-refractivity contribution in [2.24, 2.45) is 5.92 Å². The first-order chi connectivity index (χ1) is 14.2. The van der Waals surface area contributed by atoms with Crippen LogP contribution in [0.2, 0.25) is 0 Å². The molecule has 7 heteroatoms. The van der Waals surface area contributed by atoms with E-state index in [-0.39, 0.29) is 18.6 Å². The lowest BCUT2D eigenvalue weighted by atomic mass is 10.0. The van der Waals surface area contributed by atoms with E-state index in [1.54, 1.807) is 13.8 Å². The second-order valence-corrected chi connectivity index (χ2v) is 7.64. The Morgan fingerprint density at radius 3 is 2.10 bits per heavy atom. The summed E-state index contributed by atoms with van der Waals surface area (Å²) < 4.78 is 33.4. The minimum atomic E-state index is -0.977. The molecule has 0 spiro atoms. The Morgan fingerprint density at radius 2 is 1.53 bits per heavy atom. The highest BCUT2D eigenvalue weighted by Gasteiger charge is 2.27. The fourth-order valence-corrected chi connectivity index (χ4v) is 2.88. The fourth-order valence-electron chi connectivity index (χ4n) is 2.88. The van der Waals surface area contributed by atoms with Gasteiger partial charge in [0.25, 0.3) is 5.91 Å². The van der Waals surface area contributed by atoms with Gasteiger partial charge in [0.2, 0.25) is 5.91 Å². The number of halogens is 2. The molecule has 0 aliphatic rings. The molecule has 2 amide bonds. The largest absolute Gasteiger partial charge is 0.374 e. The van der Waals surface area contributed by atoms with Gasteiger partial charge in [-0.1, -0.05) is 44.2 Å². The Morgan fingerprint density at radius 1 is 0.933 bits per heavy atom. The number of amides is 2. The predicted octanol–water partition coefficient (Wildman–Crippen LogP) is 3.96. The number of hydrogen-bond donors (Lipinski definition) is 2. The van der Waals surface area contributed by atoms with E-state index in [0.717, 1.165) is 23.3 Å². The van der Waals surface area contributed by atoms with E-state index in [0.29, 0.717) is 6.61 Å². The van der Waals surface area contributed by atoms with Gasteiger partial charge in [0, 0.05) is 6.54 Å². The lowest BCUT2D eigenvalue weighted by Gasteiger charge is -2.22. The van der Waals surface area contributed by atoms with Crippen molar-refractivity contribution in [2.45, 2.75) is 53.0 Å². The van der Waals surface area contributed by atoms with Gasteiger partial charge in [-0.15, -0.1) is 0 Å². The third-order valence-corrected chi connectivity index (χ3v) is 4.57. The number of benzene rings is 2. The molecule has 2 aromatic rings.